The number of halogens is 2. The van der Waals surface area contributed by atoms with E-state index in [9.17, 15) is 17.2 Å². The summed E-state index contributed by atoms with van der Waals surface area (Å²) in [7, 11) is -0.489. The van der Waals surface area contributed by atoms with E-state index in [-0.39, 0.29) is 12.6 Å². The first-order valence-corrected chi connectivity index (χ1v) is 7.93. The maximum Gasteiger partial charge on any atom is 0.240 e. The lowest BCUT2D eigenvalue weighted by Gasteiger charge is -2.22. The van der Waals surface area contributed by atoms with Gasteiger partial charge in [0.25, 0.3) is 0 Å². The zero-order valence-corrected chi connectivity index (χ0v) is 12.9. The summed E-state index contributed by atoms with van der Waals surface area (Å²) in [4.78, 5) is 1.31. The van der Waals surface area contributed by atoms with Crippen molar-refractivity contribution < 1.29 is 21.6 Å². The van der Waals surface area contributed by atoms with E-state index >= 15 is 0 Å². The van der Waals surface area contributed by atoms with Crippen LogP contribution in [0.1, 0.15) is 11.8 Å². The lowest BCUT2D eigenvalue weighted by atomic mass is 10.2. The van der Waals surface area contributed by atoms with Crippen LogP contribution in [0, 0.1) is 11.6 Å². The van der Waals surface area contributed by atoms with Crippen LogP contribution in [0.25, 0.3) is 0 Å². The van der Waals surface area contributed by atoms with Crippen molar-refractivity contribution in [1.82, 2.24) is 9.62 Å². The first-order valence-electron chi connectivity index (χ1n) is 6.45. The normalized spacial score (nSPS) is 13.5. The molecule has 1 aromatic heterocycles. The lowest BCUT2D eigenvalue weighted by Crippen LogP contribution is -2.34. The topological polar surface area (TPSA) is 62.6 Å². The van der Waals surface area contributed by atoms with Crippen LogP contribution >= 0.6 is 0 Å². The van der Waals surface area contributed by atoms with Crippen LogP contribution in [0.5, 0.6) is 0 Å². The van der Waals surface area contributed by atoms with Crippen molar-refractivity contribution in [3.05, 3.63) is 54.0 Å². The fourth-order valence-electron chi connectivity index (χ4n) is 1.97. The van der Waals surface area contributed by atoms with Crippen molar-refractivity contribution in [2.75, 3.05) is 20.6 Å². The molecule has 2 aromatic rings. The molecule has 1 unspecified atom stereocenters. The van der Waals surface area contributed by atoms with Gasteiger partial charge in [-0.2, -0.15) is 0 Å². The summed E-state index contributed by atoms with van der Waals surface area (Å²) in [6.45, 7) is 0.000971. The summed E-state index contributed by atoms with van der Waals surface area (Å²) in [5.74, 6) is -1.32. The molecule has 0 aliphatic heterocycles. The molecule has 120 valence electrons. The minimum atomic E-state index is -4.02. The van der Waals surface area contributed by atoms with Crippen LogP contribution in [-0.4, -0.2) is 34.0 Å². The second-order valence-corrected chi connectivity index (χ2v) is 6.72. The molecule has 0 fully saturated rings. The van der Waals surface area contributed by atoms with Crippen molar-refractivity contribution in [2.24, 2.45) is 0 Å². The molecule has 2 rings (SSSR count). The molecule has 0 radical (unpaired) electrons. The standard InChI is InChI=1S/C14H16F2N2O3S/c1-18(2)13(14-4-3-5-21-14)9-17-22(19,20)12-7-10(15)6-11(16)8-12/h3-8,13,17H,9H2,1-2H3. The zero-order chi connectivity index (χ0) is 16.3. The highest BCUT2D eigenvalue weighted by Crippen LogP contribution is 2.19. The third-order valence-electron chi connectivity index (χ3n) is 3.11. The number of rotatable bonds is 6. The molecule has 0 aliphatic carbocycles. The monoisotopic (exact) mass is 330 g/mol. The summed E-state index contributed by atoms with van der Waals surface area (Å²) in [5, 5.41) is 0. The van der Waals surface area contributed by atoms with Crippen LogP contribution in [0.2, 0.25) is 0 Å². The fraction of sp³-hybridized carbons (Fsp3) is 0.286. The Morgan fingerprint density at radius 1 is 1.23 bits per heavy atom. The van der Waals surface area contributed by atoms with Crippen molar-refractivity contribution in [2.45, 2.75) is 10.9 Å². The Labute approximate surface area is 127 Å². The van der Waals surface area contributed by atoms with Gasteiger partial charge in [-0.3, -0.25) is 4.90 Å². The highest BCUT2D eigenvalue weighted by molar-refractivity contribution is 7.89. The van der Waals surface area contributed by atoms with E-state index in [2.05, 4.69) is 4.72 Å². The van der Waals surface area contributed by atoms with E-state index in [1.54, 1.807) is 31.1 Å². The molecule has 1 N–H and O–H groups in total. The summed E-state index contributed by atoms with van der Waals surface area (Å²) in [5.41, 5.74) is 0. The van der Waals surface area contributed by atoms with Gasteiger partial charge in [0.2, 0.25) is 10.0 Å². The second kappa shape index (κ2) is 6.55. The number of benzene rings is 1. The van der Waals surface area contributed by atoms with Crippen LogP contribution in [0.15, 0.2) is 45.9 Å². The molecule has 22 heavy (non-hydrogen) atoms. The largest absolute Gasteiger partial charge is 0.468 e. The molecule has 0 saturated heterocycles. The molecule has 0 saturated carbocycles. The maximum absolute atomic E-state index is 13.2. The predicted molar refractivity (Wildman–Crippen MR) is 76.7 cm³/mol. The molecule has 1 heterocycles. The van der Waals surface area contributed by atoms with E-state index in [0.717, 1.165) is 12.1 Å². The van der Waals surface area contributed by atoms with Gasteiger partial charge in [0, 0.05) is 12.6 Å². The van der Waals surface area contributed by atoms with Gasteiger partial charge < -0.3 is 4.42 Å². The molecule has 8 heteroatoms. The van der Waals surface area contributed by atoms with Crippen LogP contribution < -0.4 is 4.72 Å². The summed E-state index contributed by atoms with van der Waals surface area (Å²) in [6.07, 6.45) is 1.49. The average Bonchev–Trinajstić information content (AvgIpc) is 2.91. The number of furan rings is 1. The summed E-state index contributed by atoms with van der Waals surface area (Å²) in [6, 6.07) is 5.22. The number of nitrogens with one attached hydrogen (secondary N) is 1. The van der Waals surface area contributed by atoms with Gasteiger partial charge in [0.05, 0.1) is 17.2 Å². The van der Waals surface area contributed by atoms with Gasteiger partial charge in [-0.1, -0.05) is 0 Å². The Balaban J connectivity index is 2.18. The number of hydrogen-bond acceptors (Lipinski definition) is 4. The third kappa shape index (κ3) is 3.90. The van der Waals surface area contributed by atoms with E-state index in [4.69, 9.17) is 4.42 Å². The molecule has 1 aromatic carbocycles. The van der Waals surface area contributed by atoms with Crippen LogP contribution in [0.3, 0.4) is 0 Å². The van der Waals surface area contributed by atoms with Crippen molar-refractivity contribution in [3.63, 3.8) is 0 Å². The predicted octanol–water partition coefficient (Wildman–Crippen LogP) is 2.14. The Hall–Kier alpha value is -1.77. The number of likely N-dealkylation sites (N-methyl/N-ethyl adjacent to an activating group) is 1. The minimum absolute atomic E-state index is 0.000971. The quantitative estimate of drug-likeness (QED) is 0.881. The van der Waals surface area contributed by atoms with Gasteiger partial charge >= 0.3 is 0 Å². The minimum Gasteiger partial charge on any atom is -0.468 e. The first-order chi connectivity index (χ1) is 10.3. The highest BCUT2D eigenvalue weighted by atomic mass is 32.2. The van der Waals surface area contributed by atoms with Crippen LogP contribution in [0.4, 0.5) is 8.78 Å². The van der Waals surface area contributed by atoms with Gasteiger partial charge in [0.15, 0.2) is 0 Å². The zero-order valence-electron chi connectivity index (χ0n) is 12.1. The Morgan fingerprint density at radius 3 is 2.36 bits per heavy atom. The molecule has 0 amide bonds. The molecule has 1 atom stereocenters. The van der Waals surface area contributed by atoms with Gasteiger partial charge in [-0.25, -0.2) is 21.9 Å². The Morgan fingerprint density at radius 2 is 1.86 bits per heavy atom. The van der Waals surface area contributed by atoms with E-state index in [0.29, 0.717) is 11.8 Å². The van der Waals surface area contributed by atoms with E-state index < -0.39 is 26.6 Å². The average molecular weight is 330 g/mol. The van der Waals surface area contributed by atoms with Crippen molar-refractivity contribution >= 4 is 10.0 Å². The number of sulfonamides is 1. The Bertz CT molecular complexity index is 710. The van der Waals surface area contributed by atoms with E-state index in [1.165, 1.54) is 6.26 Å². The number of hydrogen-bond donors (Lipinski definition) is 1. The van der Waals surface area contributed by atoms with Gasteiger partial charge in [-0.05, 0) is 38.4 Å². The summed E-state index contributed by atoms with van der Waals surface area (Å²) >= 11 is 0. The number of nitrogens with zero attached hydrogens (tertiary/aromatic N) is 1. The molecule has 0 spiro atoms. The molecule has 5 nitrogen and oxygen atoms in total. The van der Waals surface area contributed by atoms with Gasteiger partial charge in [-0.15, -0.1) is 0 Å². The first kappa shape index (κ1) is 16.6. The van der Waals surface area contributed by atoms with Crippen molar-refractivity contribution in [3.8, 4) is 0 Å². The van der Waals surface area contributed by atoms with Crippen molar-refractivity contribution in [1.29, 1.82) is 0 Å². The van der Waals surface area contributed by atoms with E-state index in [1.807, 2.05) is 0 Å². The molecular weight excluding hydrogens is 314 g/mol. The Kier molecular flexibility index (Phi) is 4.94. The summed E-state index contributed by atoms with van der Waals surface area (Å²) < 4.78 is 58.2. The van der Waals surface area contributed by atoms with Crippen LogP contribution in [-0.2, 0) is 10.0 Å². The molecule has 0 bridgehead atoms. The smallest absolute Gasteiger partial charge is 0.240 e. The fourth-order valence-corrected chi connectivity index (χ4v) is 3.05. The van der Waals surface area contributed by atoms with Gasteiger partial charge in [0.1, 0.15) is 17.4 Å². The maximum atomic E-state index is 13.2. The highest BCUT2D eigenvalue weighted by Gasteiger charge is 2.22. The second-order valence-electron chi connectivity index (χ2n) is 4.95. The molecule has 0 aliphatic rings. The lowest BCUT2D eigenvalue weighted by molar-refractivity contribution is 0.259. The SMILES string of the molecule is CN(C)C(CNS(=O)(=O)c1cc(F)cc(F)c1)c1ccco1. The third-order valence-corrected chi connectivity index (χ3v) is 4.51. The molecular formula is C14H16F2N2O3S.